The Balaban J connectivity index is 1.71. The number of hydrogen-bond acceptors (Lipinski definition) is 5. The zero-order valence-corrected chi connectivity index (χ0v) is 13.5. The molecule has 0 spiro atoms. The maximum absolute atomic E-state index is 12.5. The first kappa shape index (κ1) is 14.1. The monoisotopic (exact) mass is 324 g/mol. The number of fused-ring (bicyclic) bond motifs is 2. The number of anilines is 2. The standard InChI is InChI=1S/C17H16N4OS/c1-9-5-6-19-13(7-9)21-16(22)15-14(18)11-8-10-3-2-4-12(10)20-17(11)23-15/h5-8H,2-4,18H2,1H3,(H,19,21,22). The second-order valence-electron chi connectivity index (χ2n) is 5.82. The van der Waals surface area contributed by atoms with E-state index in [1.165, 1.54) is 16.9 Å². The van der Waals surface area contributed by atoms with Crippen molar-refractivity contribution in [3.05, 3.63) is 46.1 Å². The van der Waals surface area contributed by atoms with Gasteiger partial charge in [-0.15, -0.1) is 11.3 Å². The molecule has 0 aliphatic heterocycles. The maximum atomic E-state index is 12.5. The zero-order valence-electron chi connectivity index (χ0n) is 12.7. The van der Waals surface area contributed by atoms with Crippen LogP contribution in [0.15, 0.2) is 24.4 Å². The van der Waals surface area contributed by atoms with E-state index in [9.17, 15) is 4.79 Å². The Kier molecular flexibility index (Phi) is 3.27. The molecule has 4 rings (SSSR count). The van der Waals surface area contributed by atoms with Crippen LogP contribution in [0, 0.1) is 6.92 Å². The quantitative estimate of drug-likeness (QED) is 0.757. The maximum Gasteiger partial charge on any atom is 0.269 e. The van der Waals surface area contributed by atoms with Gasteiger partial charge in [-0.2, -0.15) is 0 Å². The number of nitrogens with one attached hydrogen (secondary N) is 1. The van der Waals surface area contributed by atoms with Crippen molar-refractivity contribution in [3.63, 3.8) is 0 Å². The van der Waals surface area contributed by atoms with Crippen LogP contribution in [0.1, 0.15) is 32.9 Å². The van der Waals surface area contributed by atoms with Crippen molar-refractivity contribution in [2.75, 3.05) is 11.1 Å². The van der Waals surface area contributed by atoms with Gasteiger partial charge in [0, 0.05) is 17.3 Å². The third-order valence-electron chi connectivity index (χ3n) is 4.11. The lowest BCUT2D eigenvalue weighted by Crippen LogP contribution is -2.13. The van der Waals surface area contributed by atoms with Crippen molar-refractivity contribution in [2.45, 2.75) is 26.2 Å². The molecule has 0 unspecified atom stereocenters. The van der Waals surface area contributed by atoms with E-state index in [-0.39, 0.29) is 5.91 Å². The Morgan fingerprint density at radius 3 is 3.04 bits per heavy atom. The van der Waals surface area contributed by atoms with E-state index in [1.807, 2.05) is 19.1 Å². The lowest BCUT2D eigenvalue weighted by molar-refractivity contribution is 0.103. The number of nitrogen functional groups attached to an aromatic ring is 1. The van der Waals surface area contributed by atoms with Gasteiger partial charge in [0.1, 0.15) is 15.5 Å². The summed E-state index contributed by atoms with van der Waals surface area (Å²) in [4.78, 5) is 22.7. The molecule has 5 nitrogen and oxygen atoms in total. The van der Waals surface area contributed by atoms with E-state index in [1.54, 1.807) is 6.20 Å². The number of aromatic nitrogens is 2. The molecular weight excluding hydrogens is 308 g/mol. The van der Waals surface area contributed by atoms with E-state index in [0.717, 1.165) is 40.7 Å². The minimum absolute atomic E-state index is 0.233. The van der Waals surface area contributed by atoms with E-state index < -0.39 is 0 Å². The van der Waals surface area contributed by atoms with Gasteiger partial charge in [0.15, 0.2) is 0 Å². The van der Waals surface area contributed by atoms with Crippen LogP contribution in [0.3, 0.4) is 0 Å². The highest BCUT2D eigenvalue weighted by Crippen LogP contribution is 2.36. The number of aryl methyl sites for hydroxylation is 3. The van der Waals surface area contributed by atoms with Crippen LogP contribution in [0.5, 0.6) is 0 Å². The molecule has 23 heavy (non-hydrogen) atoms. The van der Waals surface area contributed by atoms with Crippen LogP contribution < -0.4 is 11.1 Å². The van der Waals surface area contributed by atoms with Crippen LogP contribution in [-0.2, 0) is 12.8 Å². The summed E-state index contributed by atoms with van der Waals surface area (Å²) in [5.74, 6) is 0.297. The molecule has 3 aromatic heterocycles. The molecular formula is C17H16N4OS. The predicted octanol–water partition coefficient (Wildman–Crippen LogP) is 3.32. The molecule has 116 valence electrons. The lowest BCUT2D eigenvalue weighted by Gasteiger charge is -2.04. The number of thiophene rings is 1. The Labute approximate surface area is 137 Å². The molecule has 3 aromatic rings. The summed E-state index contributed by atoms with van der Waals surface area (Å²) < 4.78 is 0. The number of rotatable bonds is 2. The number of hydrogen-bond donors (Lipinski definition) is 2. The summed E-state index contributed by atoms with van der Waals surface area (Å²) >= 11 is 1.35. The van der Waals surface area contributed by atoms with Gasteiger partial charge < -0.3 is 11.1 Å². The molecule has 0 saturated heterocycles. The van der Waals surface area contributed by atoms with Crippen LogP contribution in [0.2, 0.25) is 0 Å². The number of amides is 1. The van der Waals surface area contributed by atoms with Crippen LogP contribution >= 0.6 is 11.3 Å². The summed E-state index contributed by atoms with van der Waals surface area (Å²) in [7, 11) is 0. The summed E-state index contributed by atoms with van der Waals surface area (Å²) in [5, 5.41) is 3.70. The summed E-state index contributed by atoms with van der Waals surface area (Å²) in [6.07, 6.45) is 4.87. The zero-order chi connectivity index (χ0) is 16.0. The highest BCUT2D eigenvalue weighted by atomic mass is 32.1. The normalized spacial score (nSPS) is 13.3. The van der Waals surface area contributed by atoms with Crippen LogP contribution in [-0.4, -0.2) is 15.9 Å². The van der Waals surface area contributed by atoms with E-state index in [4.69, 9.17) is 5.73 Å². The minimum atomic E-state index is -0.233. The fourth-order valence-corrected chi connectivity index (χ4v) is 3.94. The topological polar surface area (TPSA) is 80.9 Å². The van der Waals surface area contributed by atoms with Crippen molar-refractivity contribution in [1.82, 2.24) is 9.97 Å². The van der Waals surface area contributed by atoms with Crippen molar-refractivity contribution in [2.24, 2.45) is 0 Å². The molecule has 0 atom stereocenters. The second-order valence-corrected chi connectivity index (χ2v) is 6.82. The Hall–Kier alpha value is -2.47. The molecule has 1 amide bonds. The van der Waals surface area contributed by atoms with E-state index in [2.05, 4.69) is 21.4 Å². The molecule has 0 saturated carbocycles. The number of nitrogens with zero attached hydrogens (tertiary/aromatic N) is 2. The fourth-order valence-electron chi connectivity index (χ4n) is 2.94. The van der Waals surface area contributed by atoms with Gasteiger partial charge in [0.2, 0.25) is 0 Å². The predicted molar refractivity (Wildman–Crippen MR) is 93.0 cm³/mol. The smallest absolute Gasteiger partial charge is 0.269 e. The Morgan fingerprint density at radius 2 is 2.22 bits per heavy atom. The van der Waals surface area contributed by atoms with Gasteiger partial charge in [-0.3, -0.25) is 4.79 Å². The van der Waals surface area contributed by atoms with E-state index >= 15 is 0 Å². The van der Waals surface area contributed by atoms with Gasteiger partial charge in [-0.1, -0.05) is 0 Å². The van der Waals surface area contributed by atoms with Crippen molar-refractivity contribution in [3.8, 4) is 0 Å². The van der Waals surface area contributed by atoms with Gasteiger partial charge in [0.25, 0.3) is 5.91 Å². The lowest BCUT2D eigenvalue weighted by atomic mass is 10.1. The van der Waals surface area contributed by atoms with Gasteiger partial charge in [-0.25, -0.2) is 9.97 Å². The molecule has 1 aliphatic rings. The van der Waals surface area contributed by atoms with Crippen LogP contribution in [0.4, 0.5) is 11.5 Å². The molecule has 0 aromatic carbocycles. The molecule has 0 bridgehead atoms. The molecule has 3 N–H and O–H groups in total. The molecule has 1 aliphatic carbocycles. The van der Waals surface area contributed by atoms with Gasteiger partial charge in [0.05, 0.1) is 5.69 Å². The Morgan fingerprint density at radius 1 is 1.35 bits per heavy atom. The Bertz CT molecular complexity index is 932. The number of carbonyl (C=O) groups is 1. The minimum Gasteiger partial charge on any atom is -0.397 e. The highest BCUT2D eigenvalue weighted by molar-refractivity contribution is 7.21. The first-order chi connectivity index (χ1) is 11.1. The first-order valence-corrected chi connectivity index (χ1v) is 8.38. The SMILES string of the molecule is Cc1ccnc(NC(=O)c2sc3nc4c(cc3c2N)CCC4)c1. The molecule has 0 radical (unpaired) electrons. The third-order valence-corrected chi connectivity index (χ3v) is 5.23. The average Bonchev–Trinajstić information content (AvgIpc) is 3.10. The third kappa shape index (κ3) is 2.45. The summed E-state index contributed by atoms with van der Waals surface area (Å²) in [6.45, 7) is 1.95. The van der Waals surface area contributed by atoms with E-state index in [0.29, 0.717) is 16.4 Å². The van der Waals surface area contributed by atoms with Crippen LogP contribution in [0.25, 0.3) is 10.2 Å². The average molecular weight is 324 g/mol. The second kappa shape index (κ2) is 5.31. The van der Waals surface area contributed by atoms with Crippen molar-refractivity contribution in [1.29, 1.82) is 0 Å². The first-order valence-electron chi connectivity index (χ1n) is 7.56. The molecule has 0 fully saturated rings. The number of nitrogens with two attached hydrogens (primary N) is 1. The largest absolute Gasteiger partial charge is 0.397 e. The van der Waals surface area contributed by atoms with Gasteiger partial charge in [-0.05, 0) is 55.5 Å². The molecule has 6 heteroatoms. The number of carbonyl (C=O) groups excluding carboxylic acids is 1. The highest BCUT2D eigenvalue weighted by Gasteiger charge is 2.21. The number of pyridine rings is 2. The summed E-state index contributed by atoms with van der Waals surface area (Å²) in [6, 6.07) is 5.81. The van der Waals surface area contributed by atoms with Gasteiger partial charge >= 0.3 is 0 Å². The fraction of sp³-hybridized carbons (Fsp3) is 0.235. The van der Waals surface area contributed by atoms with Crippen molar-refractivity contribution >= 4 is 39.0 Å². The van der Waals surface area contributed by atoms with Crippen molar-refractivity contribution < 1.29 is 4.79 Å². The summed E-state index contributed by atoms with van der Waals surface area (Å²) in [5.41, 5.74) is 10.2. The molecule has 3 heterocycles.